The van der Waals surface area contributed by atoms with Crippen molar-refractivity contribution in [2.75, 3.05) is 0 Å². The topological polar surface area (TPSA) is 29.9 Å². The molecule has 0 spiro atoms. The zero-order valence-electron chi connectivity index (χ0n) is 11.9. The zero-order valence-corrected chi connectivity index (χ0v) is 12.7. The molecule has 0 bridgehead atoms. The summed E-state index contributed by atoms with van der Waals surface area (Å²) in [6.07, 6.45) is 4.54. The van der Waals surface area contributed by atoms with E-state index in [1.54, 1.807) is 0 Å². The summed E-state index contributed by atoms with van der Waals surface area (Å²) in [6.45, 7) is 5.22. The van der Waals surface area contributed by atoms with Crippen LogP contribution in [0.3, 0.4) is 0 Å². The molecule has 1 aliphatic carbocycles. The van der Waals surface area contributed by atoms with Crippen molar-refractivity contribution in [3.63, 3.8) is 0 Å². The van der Waals surface area contributed by atoms with Crippen LogP contribution in [0.25, 0.3) is 5.69 Å². The van der Waals surface area contributed by atoms with Crippen molar-refractivity contribution in [3.05, 3.63) is 46.7 Å². The molecule has 2 aromatic rings. The predicted octanol–water partition coefficient (Wildman–Crippen LogP) is 3.90. The van der Waals surface area contributed by atoms with Gasteiger partial charge in [-0.05, 0) is 37.1 Å². The van der Waals surface area contributed by atoms with Gasteiger partial charge in [-0.15, -0.1) is 0 Å². The van der Waals surface area contributed by atoms with Crippen LogP contribution in [-0.4, -0.2) is 15.8 Å². The quantitative estimate of drug-likeness (QED) is 0.905. The Balaban J connectivity index is 1.92. The van der Waals surface area contributed by atoms with Gasteiger partial charge in [-0.2, -0.15) is 5.10 Å². The van der Waals surface area contributed by atoms with E-state index in [1.165, 1.54) is 24.1 Å². The molecule has 106 valence electrons. The highest BCUT2D eigenvalue weighted by Gasteiger charge is 2.30. The smallest absolute Gasteiger partial charge is 0.0650 e. The van der Waals surface area contributed by atoms with E-state index < -0.39 is 0 Å². The number of halogens is 1. The van der Waals surface area contributed by atoms with Gasteiger partial charge in [-0.1, -0.05) is 25.4 Å². The van der Waals surface area contributed by atoms with Crippen LogP contribution in [0.5, 0.6) is 0 Å². The molecule has 0 atom stereocenters. The van der Waals surface area contributed by atoms with Crippen LogP contribution in [0.1, 0.15) is 43.9 Å². The van der Waals surface area contributed by atoms with Crippen LogP contribution in [0.15, 0.2) is 30.5 Å². The largest absolute Gasteiger partial charge is 0.310 e. The second-order valence-corrected chi connectivity index (χ2v) is 6.19. The second-order valence-electron chi connectivity index (χ2n) is 5.75. The number of hydrogen-bond acceptors (Lipinski definition) is 2. The molecule has 0 saturated heterocycles. The number of rotatable bonds is 5. The van der Waals surface area contributed by atoms with Crippen molar-refractivity contribution >= 4 is 11.6 Å². The van der Waals surface area contributed by atoms with Crippen molar-refractivity contribution in [3.8, 4) is 5.69 Å². The average molecular weight is 290 g/mol. The molecule has 1 heterocycles. The van der Waals surface area contributed by atoms with E-state index in [2.05, 4.69) is 28.9 Å². The monoisotopic (exact) mass is 289 g/mol. The lowest BCUT2D eigenvalue weighted by atomic mass is 10.1. The van der Waals surface area contributed by atoms with Gasteiger partial charge in [-0.3, -0.25) is 0 Å². The minimum absolute atomic E-state index is 0.487. The van der Waals surface area contributed by atoms with Gasteiger partial charge in [0.1, 0.15) is 0 Å². The fraction of sp³-hybridized carbons (Fsp3) is 0.438. The SMILES string of the molecule is CC(C)NCc1cnn(-c2ccc(Cl)cc2)c1C1CC1. The molecule has 1 aromatic heterocycles. The Kier molecular flexibility index (Phi) is 3.81. The number of nitrogens with one attached hydrogen (secondary N) is 1. The van der Waals surface area contributed by atoms with Crippen LogP contribution >= 0.6 is 11.6 Å². The number of hydrogen-bond donors (Lipinski definition) is 1. The predicted molar refractivity (Wildman–Crippen MR) is 82.5 cm³/mol. The first kappa shape index (κ1) is 13.7. The third kappa shape index (κ3) is 2.89. The van der Waals surface area contributed by atoms with Gasteiger partial charge >= 0.3 is 0 Å². The third-order valence-corrected chi connectivity index (χ3v) is 3.87. The summed E-state index contributed by atoms with van der Waals surface area (Å²) in [5.74, 6) is 0.664. The maximum atomic E-state index is 5.96. The second kappa shape index (κ2) is 5.58. The highest BCUT2D eigenvalue weighted by Crippen LogP contribution is 2.42. The number of nitrogens with zero attached hydrogens (tertiary/aromatic N) is 2. The van der Waals surface area contributed by atoms with Crippen molar-refractivity contribution in [2.24, 2.45) is 0 Å². The minimum atomic E-state index is 0.487. The summed E-state index contributed by atoms with van der Waals surface area (Å²) in [6, 6.07) is 8.38. The maximum Gasteiger partial charge on any atom is 0.0650 e. The van der Waals surface area contributed by atoms with E-state index in [0.29, 0.717) is 12.0 Å². The standard InChI is InChI=1S/C16H20ClN3/c1-11(2)18-9-13-10-19-20(16(13)12-3-4-12)15-7-5-14(17)6-8-15/h5-8,10-12,18H,3-4,9H2,1-2H3. The van der Waals surface area contributed by atoms with Crippen LogP contribution in [0, 0.1) is 0 Å². The van der Waals surface area contributed by atoms with Crippen LogP contribution in [0.2, 0.25) is 5.02 Å². The summed E-state index contributed by atoms with van der Waals surface area (Å²) < 4.78 is 2.07. The summed E-state index contributed by atoms with van der Waals surface area (Å²) >= 11 is 5.96. The summed E-state index contributed by atoms with van der Waals surface area (Å²) in [5, 5.41) is 8.83. The Labute approximate surface area is 124 Å². The fourth-order valence-corrected chi connectivity index (χ4v) is 2.55. The summed E-state index contributed by atoms with van der Waals surface area (Å²) in [4.78, 5) is 0. The average Bonchev–Trinajstić information content (AvgIpc) is 3.17. The Hall–Kier alpha value is -1.32. The Morgan fingerprint density at radius 1 is 1.30 bits per heavy atom. The Bertz CT molecular complexity index is 582. The molecule has 0 amide bonds. The molecule has 4 heteroatoms. The van der Waals surface area contributed by atoms with E-state index in [1.807, 2.05) is 30.5 Å². The molecule has 3 rings (SSSR count). The van der Waals surface area contributed by atoms with Crippen LogP contribution in [-0.2, 0) is 6.54 Å². The molecule has 20 heavy (non-hydrogen) atoms. The first-order valence-electron chi connectivity index (χ1n) is 7.21. The minimum Gasteiger partial charge on any atom is -0.310 e. The molecular weight excluding hydrogens is 270 g/mol. The molecule has 1 aromatic carbocycles. The fourth-order valence-electron chi connectivity index (χ4n) is 2.42. The molecule has 1 aliphatic rings. The van der Waals surface area contributed by atoms with Gasteiger partial charge < -0.3 is 5.32 Å². The molecule has 0 radical (unpaired) electrons. The Morgan fingerprint density at radius 3 is 2.60 bits per heavy atom. The van der Waals surface area contributed by atoms with Gasteiger partial charge in [0.15, 0.2) is 0 Å². The van der Waals surface area contributed by atoms with Crippen molar-refractivity contribution in [1.29, 1.82) is 0 Å². The Morgan fingerprint density at radius 2 is 2.00 bits per heavy atom. The molecule has 1 saturated carbocycles. The first-order chi connectivity index (χ1) is 9.65. The van der Waals surface area contributed by atoms with Crippen molar-refractivity contribution in [2.45, 2.75) is 45.2 Å². The van der Waals surface area contributed by atoms with Gasteiger partial charge in [0, 0.05) is 29.1 Å². The molecule has 1 fully saturated rings. The van der Waals surface area contributed by atoms with Gasteiger partial charge in [-0.25, -0.2) is 4.68 Å². The lowest BCUT2D eigenvalue weighted by Crippen LogP contribution is -2.22. The lowest BCUT2D eigenvalue weighted by molar-refractivity contribution is 0.585. The number of aromatic nitrogens is 2. The lowest BCUT2D eigenvalue weighted by Gasteiger charge is -2.11. The van der Waals surface area contributed by atoms with E-state index >= 15 is 0 Å². The van der Waals surface area contributed by atoms with Crippen molar-refractivity contribution in [1.82, 2.24) is 15.1 Å². The highest BCUT2D eigenvalue weighted by molar-refractivity contribution is 6.30. The van der Waals surface area contributed by atoms with Gasteiger partial charge in [0.05, 0.1) is 17.6 Å². The summed E-state index contributed by atoms with van der Waals surface area (Å²) in [7, 11) is 0. The first-order valence-corrected chi connectivity index (χ1v) is 7.59. The number of benzene rings is 1. The maximum absolute atomic E-state index is 5.96. The molecule has 3 nitrogen and oxygen atoms in total. The molecule has 0 aliphatic heterocycles. The summed E-state index contributed by atoms with van der Waals surface area (Å²) in [5.41, 5.74) is 3.77. The normalized spacial score (nSPS) is 15.0. The third-order valence-electron chi connectivity index (χ3n) is 3.62. The van der Waals surface area contributed by atoms with E-state index in [9.17, 15) is 0 Å². The van der Waals surface area contributed by atoms with Crippen LogP contribution in [0.4, 0.5) is 0 Å². The van der Waals surface area contributed by atoms with Crippen molar-refractivity contribution < 1.29 is 0 Å². The van der Waals surface area contributed by atoms with E-state index in [-0.39, 0.29) is 0 Å². The molecule has 0 unspecified atom stereocenters. The van der Waals surface area contributed by atoms with Crippen LogP contribution < -0.4 is 5.32 Å². The molecular formula is C16H20ClN3. The van der Waals surface area contributed by atoms with Gasteiger partial charge in [0.25, 0.3) is 0 Å². The zero-order chi connectivity index (χ0) is 14.1. The van der Waals surface area contributed by atoms with Gasteiger partial charge in [0.2, 0.25) is 0 Å². The van der Waals surface area contributed by atoms with E-state index in [4.69, 9.17) is 11.6 Å². The highest BCUT2D eigenvalue weighted by atomic mass is 35.5. The molecule has 1 N–H and O–H groups in total. The van der Waals surface area contributed by atoms with E-state index in [0.717, 1.165) is 17.3 Å².